The van der Waals surface area contributed by atoms with Gasteiger partial charge in [-0.1, -0.05) is 6.92 Å². The van der Waals surface area contributed by atoms with Crippen molar-refractivity contribution >= 4 is 29.2 Å². The first-order valence-electron chi connectivity index (χ1n) is 13.8. The minimum absolute atomic E-state index is 0.103. The van der Waals surface area contributed by atoms with E-state index >= 15 is 0 Å². The Kier molecular flexibility index (Phi) is 9.89. The summed E-state index contributed by atoms with van der Waals surface area (Å²) in [5, 5.41) is 15.1. The molecule has 0 spiro atoms. The van der Waals surface area contributed by atoms with Crippen molar-refractivity contribution in [1.82, 2.24) is 9.80 Å². The Morgan fingerprint density at radius 1 is 1.09 bits per heavy atom. The fourth-order valence-electron chi connectivity index (χ4n) is 4.75. The highest BCUT2D eigenvalue weighted by atomic mass is 19.4. The van der Waals surface area contributed by atoms with Crippen LogP contribution in [0.15, 0.2) is 36.4 Å². The first-order chi connectivity index (χ1) is 20.3. The molecule has 0 saturated carbocycles. The van der Waals surface area contributed by atoms with E-state index in [-0.39, 0.29) is 50.4 Å². The van der Waals surface area contributed by atoms with E-state index < -0.39 is 43.1 Å². The van der Waals surface area contributed by atoms with Crippen molar-refractivity contribution in [2.45, 2.75) is 51.4 Å². The van der Waals surface area contributed by atoms with Crippen molar-refractivity contribution < 1.29 is 46.9 Å². The number of urea groups is 1. The summed E-state index contributed by atoms with van der Waals surface area (Å²) in [6, 6.07) is 8.63. The summed E-state index contributed by atoms with van der Waals surface area (Å²) in [7, 11) is 1.60. The number of aliphatic hydroxyl groups excluding tert-OH is 1. The van der Waals surface area contributed by atoms with Gasteiger partial charge < -0.3 is 39.8 Å². The molecule has 4 rings (SSSR count). The summed E-state index contributed by atoms with van der Waals surface area (Å²) in [5.74, 6) is 0.0353. The van der Waals surface area contributed by atoms with E-state index in [4.69, 9.17) is 14.2 Å². The molecule has 11 nitrogen and oxygen atoms in total. The molecule has 0 radical (unpaired) electrons. The number of hydrogen-bond acceptors (Lipinski definition) is 7. The van der Waals surface area contributed by atoms with E-state index in [0.717, 1.165) is 0 Å². The van der Waals surface area contributed by atoms with E-state index in [2.05, 4.69) is 10.6 Å². The molecule has 0 saturated heterocycles. The molecule has 0 aliphatic carbocycles. The lowest BCUT2D eigenvalue weighted by atomic mass is 10.0. The molecule has 2 aromatic rings. The first kappa shape index (κ1) is 31.7. The van der Waals surface area contributed by atoms with Gasteiger partial charge in [0.05, 0.1) is 32.0 Å². The number of carbonyl (C=O) groups excluding carboxylic acids is 3. The lowest BCUT2D eigenvalue weighted by Crippen LogP contribution is -2.48. The monoisotopic (exact) mass is 608 g/mol. The summed E-state index contributed by atoms with van der Waals surface area (Å²) in [5.41, 5.74) is 1.13. The molecule has 234 valence electrons. The molecule has 0 aromatic heterocycles. The molecule has 2 heterocycles. The second kappa shape index (κ2) is 13.4. The largest absolute Gasteiger partial charge is 0.488 e. The van der Waals surface area contributed by atoms with Gasteiger partial charge >= 0.3 is 12.2 Å². The quantitative estimate of drug-likeness (QED) is 0.413. The van der Waals surface area contributed by atoms with Crippen LogP contribution >= 0.6 is 0 Å². The Balaban J connectivity index is 1.53. The number of nitrogens with zero attached hydrogens (tertiary/aromatic N) is 2. The summed E-state index contributed by atoms with van der Waals surface area (Å²) < 4.78 is 54.7. The molecule has 3 N–H and O–H groups in total. The molecule has 2 aliphatic heterocycles. The zero-order chi connectivity index (χ0) is 31.3. The Morgan fingerprint density at radius 2 is 1.77 bits per heavy atom. The summed E-state index contributed by atoms with van der Waals surface area (Å²) in [6.07, 6.45) is -7.19. The van der Waals surface area contributed by atoms with Crippen LogP contribution in [0.1, 0.15) is 32.3 Å². The van der Waals surface area contributed by atoms with Gasteiger partial charge in [-0.05, 0) is 37.3 Å². The molecule has 2 aliphatic rings. The molecule has 43 heavy (non-hydrogen) atoms. The van der Waals surface area contributed by atoms with Gasteiger partial charge in [0.25, 0.3) is 0 Å². The van der Waals surface area contributed by atoms with Gasteiger partial charge in [0.15, 0.2) is 11.5 Å². The average Bonchev–Trinajstić information content (AvgIpc) is 3.43. The van der Waals surface area contributed by atoms with Crippen molar-refractivity contribution in [2.75, 3.05) is 44.2 Å². The van der Waals surface area contributed by atoms with Crippen LogP contribution < -0.4 is 24.8 Å². The number of alkyl halides is 3. The Bertz CT molecular complexity index is 1340. The van der Waals surface area contributed by atoms with Crippen molar-refractivity contribution in [3.8, 4) is 17.2 Å². The molecule has 4 amide bonds. The number of rotatable bonds is 8. The number of carbonyl (C=O) groups is 3. The second-order valence-corrected chi connectivity index (χ2v) is 10.8. The minimum Gasteiger partial charge on any atom is -0.488 e. The van der Waals surface area contributed by atoms with E-state index in [0.29, 0.717) is 28.5 Å². The topological polar surface area (TPSA) is 130 Å². The highest BCUT2D eigenvalue weighted by molar-refractivity contribution is 5.91. The highest BCUT2D eigenvalue weighted by Crippen LogP contribution is 2.34. The van der Waals surface area contributed by atoms with Crippen LogP contribution in [0.5, 0.6) is 17.2 Å². The van der Waals surface area contributed by atoms with Gasteiger partial charge in [-0.2, -0.15) is 13.2 Å². The molecule has 0 unspecified atom stereocenters. The number of anilines is 2. The Morgan fingerprint density at radius 3 is 2.47 bits per heavy atom. The number of ether oxygens (including phenoxy) is 3. The zero-order valence-electron chi connectivity index (χ0n) is 24.1. The smallest absolute Gasteiger partial charge is 0.389 e. The highest BCUT2D eigenvalue weighted by Gasteiger charge is 2.32. The lowest BCUT2D eigenvalue weighted by molar-refractivity contribution is -0.142. The minimum atomic E-state index is -4.46. The van der Waals surface area contributed by atoms with Crippen LogP contribution in [0.2, 0.25) is 0 Å². The van der Waals surface area contributed by atoms with E-state index in [9.17, 15) is 32.7 Å². The molecule has 2 aromatic carbocycles. The molecule has 0 fully saturated rings. The van der Waals surface area contributed by atoms with Crippen LogP contribution in [0, 0.1) is 5.92 Å². The van der Waals surface area contributed by atoms with Crippen molar-refractivity contribution in [1.29, 1.82) is 0 Å². The maximum atomic E-state index is 13.3. The average molecular weight is 609 g/mol. The third-order valence-corrected chi connectivity index (χ3v) is 7.26. The maximum Gasteiger partial charge on any atom is 0.389 e. The standard InChI is InChI=1S/C29H35F3N4O7/c1-17-13-36(18(2)15-37)27(39)11-19-10-20(33-26(38)8-9-29(30,31)32)4-6-22(19)43-25(17)14-35(3)28(40)34-21-5-7-23-24(12-21)42-16-41-23/h4-7,10,12,17-18,25,37H,8-9,11,13-16H2,1-3H3,(H,33,38)(H,34,40)/t17-,18+,25-/m0/s1. The Labute approximate surface area is 246 Å². The van der Waals surface area contributed by atoms with Gasteiger partial charge in [0.2, 0.25) is 18.6 Å². The van der Waals surface area contributed by atoms with E-state index in [1.165, 1.54) is 21.9 Å². The summed E-state index contributed by atoms with van der Waals surface area (Å²) >= 11 is 0. The van der Waals surface area contributed by atoms with Gasteiger partial charge in [0.1, 0.15) is 11.9 Å². The zero-order valence-corrected chi connectivity index (χ0v) is 24.1. The van der Waals surface area contributed by atoms with Crippen molar-refractivity contribution in [3.05, 3.63) is 42.0 Å². The van der Waals surface area contributed by atoms with Crippen LogP contribution in [-0.2, 0) is 16.0 Å². The van der Waals surface area contributed by atoms with Crippen molar-refractivity contribution in [2.24, 2.45) is 5.92 Å². The molecule has 0 bridgehead atoms. The SMILES string of the molecule is C[C@H](CO)N1C[C@H](C)[C@H](CN(C)C(=O)Nc2ccc3c(c2)OCO3)Oc2ccc(NC(=O)CCC(F)(F)F)cc2CC1=O. The van der Waals surface area contributed by atoms with Gasteiger partial charge in [-0.3, -0.25) is 9.59 Å². The van der Waals surface area contributed by atoms with Crippen LogP contribution in [0.3, 0.4) is 0 Å². The lowest BCUT2D eigenvalue weighted by Gasteiger charge is -2.34. The van der Waals surface area contributed by atoms with Crippen molar-refractivity contribution in [3.63, 3.8) is 0 Å². The summed E-state index contributed by atoms with van der Waals surface area (Å²) in [6.45, 7) is 3.77. The number of amides is 4. The van der Waals surface area contributed by atoms with Crippen LogP contribution in [-0.4, -0.2) is 84.6 Å². The molecular weight excluding hydrogens is 573 g/mol. The molecular formula is C29H35F3N4O7. The fraction of sp³-hybridized carbons (Fsp3) is 0.483. The number of nitrogens with one attached hydrogen (secondary N) is 2. The van der Waals surface area contributed by atoms with Gasteiger partial charge in [0, 0.05) is 48.9 Å². The Hall–Kier alpha value is -4.20. The number of hydrogen-bond donors (Lipinski definition) is 3. The number of fused-ring (bicyclic) bond motifs is 2. The maximum absolute atomic E-state index is 13.3. The number of aliphatic hydroxyl groups is 1. The molecule has 3 atom stereocenters. The van der Waals surface area contributed by atoms with Gasteiger partial charge in [-0.25, -0.2) is 4.79 Å². The van der Waals surface area contributed by atoms with Gasteiger partial charge in [-0.15, -0.1) is 0 Å². The van der Waals surface area contributed by atoms with Crippen LogP contribution in [0.25, 0.3) is 0 Å². The van der Waals surface area contributed by atoms with E-state index in [1.807, 2.05) is 6.92 Å². The number of benzene rings is 2. The first-order valence-corrected chi connectivity index (χ1v) is 13.8. The third kappa shape index (κ3) is 8.43. The summed E-state index contributed by atoms with van der Waals surface area (Å²) in [4.78, 5) is 41.5. The van der Waals surface area contributed by atoms with E-state index in [1.54, 1.807) is 38.2 Å². The number of halogens is 3. The molecule has 14 heteroatoms. The number of likely N-dealkylation sites (N-methyl/N-ethyl adjacent to an activating group) is 1. The third-order valence-electron chi connectivity index (χ3n) is 7.26. The second-order valence-electron chi connectivity index (χ2n) is 10.8. The predicted molar refractivity (Wildman–Crippen MR) is 150 cm³/mol. The van der Waals surface area contributed by atoms with Crippen LogP contribution in [0.4, 0.5) is 29.3 Å². The predicted octanol–water partition coefficient (Wildman–Crippen LogP) is 4.01. The normalized spacial score (nSPS) is 18.9. The fourth-order valence-corrected chi connectivity index (χ4v) is 4.75.